The Morgan fingerprint density at radius 1 is 0.436 bits per heavy atom. The Morgan fingerprint density at radius 2 is 0.782 bits per heavy atom. The van der Waals surface area contributed by atoms with Crippen LogP contribution in [0.1, 0.15) is 174 Å². The van der Waals surface area contributed by atoms with Crippen LogP contribution >= 0.6 is 0 Å². The molecule has 0 aromatic heterocycles. The Kier molecular flexibility index (Phi) is 42.1. The van der Waals surface area contributed by atoms with E-state index in [1.54, 1.807) is 0 Å². The second-order valence-electron chi connectivity index (χ2n) is 14.0. The molecule has 1 unspecified atom stereocenters. The number of hydrogen-bond donors (Lipinski definition) is 1. The normalized spacial score (nSPS) is 13.3. The van der Waals surface area contributed by atoms with Crippen molar-refractivity contribution in [3.63, 3.8) is 0 Å². The molecule has 0 aromatic rings. The van der Waals surface area contributed by atoms with E-state index in [-0.39, 0.29) is 25.2 Å². The molecule has 5 nitrogen and oxygen atoms in total. The summed E-state index contributed by atoms with van der Waals surface area (Å²) in [5, 5.41) is 9.57. The Balaban J connectivity index is 3.72. The molecule has 0 saturated carbocycles. The van der Waals surface area contributed by atoms with Crippen molar-refractivity contribution in [1.29, 1.82) is 0 Å². The molecule has 0 fully saturated rings. The van der Waals surface area contributed by atoms with Crippen LogP contribution < -0.4 is 0 Å². The molecule has 0 aromatic carbocycles. The summed E-state index contributed by atoms with van der Waals surface area (Å²) in [4.78, 5) is 24.3. The van der Waals surface area contributed by atoms with E-state index in [0.717, 1.165) is 96.3 Å². The first-order valence-electron chi connectivity index (χ1n) is 21.9. The standard InChI is InChI=1S/C50H80O5/c1-3-5-7-9-11-13-15-17-19-20-21-22-23-24-25-26-27-28-29-30-31-33-35-37-39-41-43-45-50(53)55-48(46-51)47-54-49(52)44-42-40-38-36-34-32-18-16-14-12-10-8-6-4-2/h5,7,11,13,16-19,21-22,24-25,27-28,30-31,35,37,48,51H,3-4,6,8-10,12,14-15,20,23,26,29,32-34,36,38-47H2,1-2H3/b7-5-,13-11-,18-16-,19-17-,22-21-,25-24-,28-27-,31-30-,37-35-. The second-order valence-corrected chi connectivity index (χ2v) is 14.0. The average molecular weight is 761 g/mol. The summed E-state index contributed by atoms with van der Waals surface area (Å²) in [6.45, 7) is 3.95. The predicted octanol–water partition coefficient (Wildman–Crippen LogP) is 14.2. The van der Waals surface area contributed by atoms with Gasteiger partial charge in [-0.15, -0.1) is 0 Å². The molecule has 0 aliphatic carbocycles. The quantitative estimate of drug-likeness (QED) is 0.0385. The Bertz CT molecular complexity index is 1130. The Labute approximate surface area is 338 Å². The van der Waals surface area contributed by atoms with Crippen LogP contribution in [0.5, 0.6) is 0 Å². The number of esters is 2. The van der Waals surface area contributed by atoms with Gasteiger partial charge in [-0.3, -0.25) is 9.59 Å². The van der Waals surface area contributed by atoms with Crippen molar-refractivity contribution in [1.82, 2.24) is 0 Å². The summed E-state index contributed by atoms with van der Waals surface area (Å²) < 4.78 is 10.6. The lowest BCUT2D eigenvalue weighted by Crippen LogP contribution is -2.28. The van der Waals surface area contributed by atoms with Crippen LogP contribution in [0.3, 0.4) is 0 Å². The van der Waals surface area contributed by atoms with Crippen molar-refractivity contribution in [3.8, 4) is 0 Å². The lowest BCUT2D eigenvalue weighted by atomic mass is 10.1. The summed E-state index contributed by atoms with van der Waals surface area (Å²) in [6, 6.07) is 0. The first-order chi connectivity index (χ1) is 27.1. The smallest absolute Gasteiger partial charge is 0.306 e. The lowest BCUT2D eigenvalue weighted by molar-refractivity contribution is -0.161. The third-order valence-corrected chi connectivity index (χ3v) is 8.80. The number of aliphatic hydroxyl groups excluding tert-OH is 1. The highest BCUT2D eigenvalue weighted by atomic mass is 16.6. The van der Waals surface area contributed by atoms with Crippen LogP contribution in [0, 0.1) is 0 Å². The van der Waals surface area contributed by atoms with Crippen LogP contribution in [-0.4, -0.2) is 36.4 Å². The highest BCUT2D eigenvalue weighted by molar-refractivity contribution is 5.70. The minimum Gasteiger partial charge on any atom is -0.462 e. The van der Waals surface area contributed by atoms with Crippen molar-refractivity contribution in [2.24, 2.45) is 0 Å². The molecule has 1 N–H and O–H groups in total. The summed E-state index contributed by atoms with van der Waals surface area (Å²) >= 11 is 0. The zero-order chi connectivity index (χ0) is 40.0. The molecule has 0 aliphatic heterocycles. The van der Waals surface area contributed by atoms with Crippen LogP contribution in [0.25, 0.3) is 0 Å². The fourth-order valence-corrected chi connectivity index (χ4v) is 5.50. The van der Waals surface area contributed by atoms with Gasteiger partial charge in [0.15, 0.2) is 6.10 Å². The Hall–Kier alpha value is -3.44. The van der Waals surface area contributed by atoms with Gasteiger partial charge < -0.3 is 14.6 Å². The van der Waals surface area contributed by atoms with Crippen molar-refractivity contribution in [3.05, 3.63) is 109 Å². The molecular formula is C50H80O5. The summed E-state index contributed by atoms with van der Waals surface area (Å²) in [5.41, 5.74) is 0. The Morgan fingerprint density at radius 3 is 1.24 bits per heavy atom. The summed E-state index contributed by atoms with van der Waals surface area (Å²) in [7, 11) is 0. The number of carbonyl (C=O) groups is 2. The summed E-state index contributed by atoms with van der Waals surface area (Å²) in [5.74, 6) is -0.662. The molecule has 0 rings (SSSR count). The van der Waals surface area contributed by atoms with Gasteiger partial charge in [-0.1, -0.05) is 168 Å². The highest BCUT2D eigenvalue weighted by Gasteiger charge is 2.16. The average Bonchev–Trinajstić information content (AvgIpc) is 3.19. The van der Waals surface area contributed by atoms with Gasteiger partial charge in [0, 0.05) is 12.8 Å². The number of unbranched alkanes of at least 4 members (excludes halogenated alkanes) is 12. The fourth-order valence-electron chi connectivity index (χ4n) is 5.50. The molecule has 0 amide bonds. The van der Waals surface area contributed by atoms with E-state index in [1.165, 1.54) is 51.4 Å². The molecule has 0 spiro atoms. The van der Waals surface area contributed by atoms with E-state index < -0.39 is 6.10 Å². The minimum absolute atomic E-state index is 0.0949. The maximum Gasteiger partial charge on any atom is 0.306 e. The number of allylic oxidation sites excluding steroid dienone is 18. The SMILES string of the molecule is CC/C=C\C/C=C\C/C=C\C/C=C\C/C=C\C/C=C\C/C=C\C/C=C\CCCCC(=O)OC(CO)COC(=O)CCCCCCC/C=C\CCCCCCC. The van der Waals surface area contributed by atoms with E-state index >= 15 is 0 Å². The van der Waals surface area contributed by atoms with Gasteiger partial charge in [-0.25, -0.2) is 0 Å². The molecule has 1 atom stereocenters. The lowest BCUT2D eigenvalue weighted by Gasteiger charge is -2.15. The first-order valence-corrected chi connectivity index (χ1v) is 21.9. The monoisotopic (exact) mass is 761 g/mol. The number of rotatable bonds is 38. The van der Waals surface area contributed by atoms with Gasteiger partial charge in [-0.05, 0) is 103 Å². The number of aliphatic hydroxyl groups is 1. The fraction of sp³-hybridized carbons (Fsp3) is 0.600. The van der Waals surface area contributed by atoms with E-state index in [0.29, 0.717) is 12.8 Å². The largest absolute Gasteiger partial charge is 0.462 e. The highest BCUT2D eigenvalue weighted by Crippen LogP contribution is 2.11. The topological polar surface area (TPSA) is 72.8 Å². The second kappa shape index (κ2) is 45.0. The number of hydrogen-bond acceptors (Lipinski definition) is 5. The molecule has 0 bridgehead atoms. The minimum atomic E-state index is -0.805. The maximum atomic E-state index is 12.2. The zero-order valence-electron chi connectivity index (χ0n) is 35.1. The maximum absolute atomic E-state index is 12.2. The van der Waals surface area contributed by atoms with Crippen LogP contribution in [0.4, 0.5) is 0 Å². The first kappa shape index (κ1) is 51.6. The van der Waals surface area contributed by atoms with E-state index in [1.807, 2.05) is 0 Å². The van der Waals surface area contributed by atoms with Gasteiger partial charge in [0.2, 0.25) is 0 Å². The van der Waals surface area contributed by atoms with Crippen LogP contribution in [0.15, 0.2) is 109 Å². The van der Waals surface area contributed by atoms with Crippen LogP contribution in [-0.2, 0) is 19.1 Å². The third-order valence-electron chi connectivity index (χ3n) is 8.80. The molecule has 55 heavy (non-hydrogen) atoms. The van der Waals surface area contributed by atoms with Gasteiger partial charge in [0.1, 0.15) is 6.61 Å². The number of carbonyl (C=O) groups excluding carboxylic acids is 2. The third kappa shape index (κ3) is 43.2. The molecule has 310 valence electrons. The van der Waals surface area contributed by atoms with Crippen molar-refractivity contribution in [2.75, 3.05) is 13.2 Å². The van der Waals surface area contributed by atoms with E-state index in [4.69, 9.17) is 9.47 Å². The van der Waals surface area contributed by atoms with Crippen molar-refractivity contribution < 1.29 is 24.2 Å². The molecule has 0 radical (unpaired) electrons. The van der Waals surface area contributed by atoms with E-state index in [9.17, 15) is 14.7 Å². The van der Waals surface area contributed by atoms with Crippen LogP contribution in [0.2, 0.25) is 0 Å². The molecule has 5 heteroatoms. The van der Waals surface area contributed by atoms with Gasteiger partial charge in [0.25, 0.3) is 0 Å². The van der Waals surface area contributed by atoms with Crippen molar-refractivity contribution >= 4 is 11.9 Å². The zero-order valence-corrected chi connectivity index (χ0v) is 35.1. The van der Waals surface area contributed by atoms with Crippen molar-refractivity contribution in [2.45, 2.75) is 180 Å². The predicted molar refractivity (Wildman–Crippen MR) is 237 cm³/mol. The number of ether oxygens (including phenoxy) is 2. The molecule has 0 heterocycles. The molecule has 0 aliphatic rings. The van der Waals surface area contributed by atoms with Gasteiger partial charge >= 0.3 is 11.9 Å². The molecular weight excluding hydrogens is 681 g/mol. The summed E-state index contributed by atoms with van der Waals surface area (Å²) in [6.07, 6.45) is 64.4. The van der Waals surface area contributed by atoms with Gasteiger partial charge in [-0.2, -0.15) is 0 Å². The van der Waals surface area contributed by atoms with Gasteiger partial charge in [0.05, 0.1) is 6.61 Å². The van der Waals surface area contributed by atoms with E-state index in [2.05, 4.69) is 123 Å². The molecule has 0 saturated heterocycles.